The largest absolute Gasteiger partial charge is 0.416 e. The average molecular weight is 386 g/mol. The summed E-state index contributed by atoms with van der Waals surface area (Å²) >= 11 is 6.12. The Bertz CT molecular complexity index is 1030. The van der Waals surface area contributed by atoms with Crippen molar-refractivity contribution in [1.82, 2.24) is 0 Å². The van der Waals surface area contributed by atoms with Crippen LogP contribution in [-0.4, -0.2) is 8.42 Å². The maximum Gasteiger partial charge on any atom is 0.416 e. The fraction of sp³-hybridized carbons (Fsp3) is 0.0588. The van der Waals surface area contributed by atoms with Gasteiger partial charge >= 0.3 is 6.18 Å². The van der Waals surface area contributed by atoms with Gasteiger partial charge in [-0.1, -0.05) is 35.9 Å². The number of rotatable bonds is 3. The van der Waals surface area contributed by atoms with Gasteiger partial charge in [-0.25, -0.2) is 8.42 Å². The number of halogens is 4. The number of anilines is 1. The molecule has 0 amide bonds. The Kier molecular flexibility index (Phi) is 4.38. The molecule has 0 bridgehead atoms. The number of fused-ring (bicyclic) bond motifs is 1. The predicted octanol–water partition coefficient (Wildman–Crippen LogP) is 5.31. The molecule has 3 rings (SSSR count). The molecule has 0 radical (unpaired) electrons. The first-order valence-electron chi connectivity index (χ1n) is 7.06. The highest BCUT2D eigenvalue weighted by Crippen LogP contribution is 2.32. The lowest BCUT2D eigenvalue weighted by Gasteiger charge is -2.12. The van der Waals surface area contributed by atoms with Gasteiger partial charge in [-0.05, 0) is 41.8 Å². The van der Waals surface area contributed by atoms with Crippen molar-refractivity contribution in [3.05, 3.63) is 71.2 Å². The quantitative estimate of drug-likeness (QED) is 0.663. The predicted molar refractivity (Wildman–Crippen MR) is 91.2 cm³/mol. The SMILES string of the molecule is O=S(=O)(Nc1ccc(C(F)(F)F)cc1)c1cccc2cccc(Cl)c12. The first-order valence-corrected chi connectivity index (χ1v) is 8.92. The van der Waals surface area contributed by atoms with Crippen LogP contribution in [0.4, 0.5) is 18.9 Å². The smallest absolute Gasteiger partial charge is 0.280 e. The molecule has 1 N–H and O–H groups in total. The summed E-state index contributed by atoms with van der Waals surface area (Å²) < 4.78 is 65.4. The summed E-state index contributed by atoms with van der Waals surface area (Å²) in [6.45, 7) is 0. The molecule has 0 aliphatic carbocycles. The molecule has 25 heavy (non-hydrogen) atoms. The normalized spacial score (nSPS) is 12.3. The zero-order chi connectivity index (χ0) is 18.2. The zero-order valence-electron chi connectivity index (χ0n) is 12.5. The maximum atomic E-state index is 12.7. The molecular weight excluding hydrogens is 375 g/mol. The standard InChI is InChI=1S/C17H11ClF3NO2S/c18-14-5-1-3-11-4-2-6-15(16(11)14)25(23,24)22-13-9-7-12(8-10-13)17(19,20)21/h1-10,22H. The van der Waals surface area contributed by atoms with Gasteiger partial charge in [0.1, 0.15) is 0 Å². The van der Waals surface area contributed by atoms with E-state index in [2.05, 4.69) is 4.72 Å². The topological polar surface area (TPSA) is 46.2 Å². The van der Waals surface area contributed by atoms with Gasteiger partial charge in [-0.15, -0.1) is 0 Å². The van der Waals surface area contributed by atoms with E-state index in [4.69, 9.17) is 11.6 Å². The monoisotopic (exact) mass is 385 g/mol. The van der Waals surface area contributed by atoms with E-state index >= 15 is 0 Å². The molecular formula is C17H11ClF3NO2S. The third-order valence-electron chi connectivity index (χ3n) is 3.57. The van der Waals surface area contributed by atoms with Gasteiger partial charge < -0.3 is 0 Å². The van der Waals surface area contributed by atoms with Gasteiger partial charge in [0.15, 0.2) is 0 Å². The van der Waals surface area contributed by atoms with Crippen LogP contribution >= 0.6 is 11.6 Å². The molecule has 3 aromatic carbocycles. The maximum absolute atomic E-state index is 12.7. The Balaban J connectivity index is 2.01. The molecule has 0 saturated heterocycles. The molecule has 0 atom stereocenters. The molecule has 0 aliphatic rings. The van der Waals surface area contributed by atoms with Crippen molar-refractivity contribution in [2.75, 3.05) is 4.72 Å². The Morgan fingerprint density at radius 2 is 1.48 bits per heavy atom. The van der Waals surface area contributed by atoms with Crippen LogP contribution in [0.1, 0.15) is 5.56 Å². The van der Waals surface area contributed by atoms with Gasteiger partial charge in [0.2, 0.25) is 0 Å². The highest BCUT2D eigenvalue weighted by molar-refractivity contribution is 7.93. The van der Waals surface area contributed by atoms with Gasteiger partial charge in [0, 0.05) is 16.1 Å². The average Bonchev–Trinajstić information content (AvgIpc) is 2.54. The molecule has 0 saturated carbocycles. The Morgan fingerprint density at radius 3 is 2.08 bits per heavy atom. The minimum atomic E-state index is -4.49. The summed E-state index contributed by atoms with van der Waals surface area (Å²) in [7, 11) is -4.03. The highest BCUT2D eigenvalue weighted by Gasteiger charge is 2.30. The van der Waals surface area contributed by atoms with Crippen molar-refractivity contribution in [2.45, 2.75) is 11.1 Å². The van der Waals surface area contributed by atoms with Crippen LogP contribution in [0.3, 0.4) is 0 Å². The van der Waals surface area contributed by atoms with Gasteiger partial charge in [0.05, 0.1) is 10.5 Å². The van der Waals surface area contributed by atoms with E-state index in [0.29, 0.717) is 10.8 Å². The summed E-state index contributed by atoms with van der Waals surface area (Å²) in [4.78, 5) is -0.0458. The summed E-state index contributed by atoms with van der Waals surface area (Å²) in [6, 6.07) is 13.4. The Morgan fingerprint density at radius 1 is 0.880 bits per heavy atom. The van der Waals surface area contributed by atoms with E-state index in [0.717, 1.165) is 24.3 Å². The zero-order valence-corrected chi connectivity index (χ0v) is 14.1. The number of sulfonamides is 1. The van der Waals surface area contributed by atoms with Crippen molar-refractivity contribution in [1.29, 1.82) is 0 Å². The van der Waals surface area contributed by atoms with E-state index in [1.807, 2.05) is 0 Å². The number of benzene rings is 3. The van der Waals surface area contributed by atoms with Gasteiger partial charge in [-0.3, -0.25) is 4.72 Å². The van der Waals surface area contributed by atoms with Crippen LogP contribution < -0.4 is 4.72 Å². The van der Waals surface area contributed by atoms with Crippen molar-refractivity contribution in [2.24, 2.45) is 0 Å². The van der Waals surface area contributed by atoms with E-state index in [1.54, 1.807) is 30.3 Å². The van der Waals surface area contributed by atoms with Crippen LogP contribution in [-0.2, 0) is 16.2 Å². The lowest BCUT2D eigenvalue weighted by atomic mass is 10.1. The molecule has 0 fully saturated rings. The molecule has 3 nitrogen and oxygen atoms in total. The van der Waals surface area contributed by atoms with Crippen LogP contribution in [0.2, 0.25) is 5.02 Å². The molecule has 3 aromatic rings. The highest BCUT2D eigenvalue weighted by atomic mass is 35.5. The van der Waals surface area contributed by atoms with Gasteiger partial charge in [0.25, 0.3) is 10.0 Å². The Hall–Kier alpha value is -2.25. The van der Waals surface area contributed by atoms with E-state index < -0.39 is 21.8 Å². The Labute approximate surface area is 147 Å². The molecule has 130 valence electrons. The minimum absolute atomic E-state index is 0.0251. The van der Waals surface area contributed by atoms with E-state index in [-0.39, 0.29) is 15.6 Å². The molecule has 0 heterocycles. The summed E-state index contributed by atoms with van der Waals surface area (Å²) in [5.74, 6) is 0. The summed E-state index contributed by atoms with van der Waals surface area (Å²) in [5.41, 5.74) is -0.833. The van der Waals surface area contributed by atoms with Crippen molar-refractivity contribution in [3.8, 4) is 0 Å². The minimum Gasteiger partial charge on any atom is -0.280 e. The second-order valence-electron chi connectivity index (χ2n) is 5.27. The number of hydrogen-bond donors (Lipinski definition) is 1. The summed E-state index contributed by atoms with van der Waals surface area (Å²) in [5, 5.41) is 1.26. The number of alkyl halides is 3. The van der Waals surface area contributed by atoms with Crippen LogP contribution in [0.15, 0.2) is 65.6 Å². The third kappa shape index (κ3) is 3.57. The van der Waals surface area contributed by atoms with E-state index in [9.17, 15) is 21.6 Å². The number of nitrogens with one attached hydrogen (secondary N) is 1. The van der Waals surface area contributed by atoms with Gasteiger partial charge in [-0.2, -0.15) is 13.2 Å². The fourth-order valence-corrected chi connectivity index (χ4v) is 4.07. The van der Waals surface area contributed by atoms with E-state index in [1.165, 1.54) is 6.07 Å². The first-order chi connectivity index (χ1) is 11.7. The van der Waals surface area contributed by atoms with Crippen LogP contribution in [0.5, 0.6) is 0 Å². The van der Waals surface area contributed by atoms with Crippen LogP contribution in [0, 0.1) is 0 Å². The lowest BCUT2D eigenvalue weighted by Crippen LogP contribution is -2.14. The fourth-order valence-electron chi connectivity index (χ4n) is 2.42. The van der Waals surface area contributed by atoms with Crippen LogP contribution in [0.25, 0.3) is 10.8 Å². The van der Waals surface area contributed by atoms with Crippen molar-refractivity contribution in [3.63, 3.8) is 0 Å². The molecule has 8 heteroatoms. The first kappa shape index (κ1) is 17.6. The number of hydrogen-bond acceptors (Lipinski definition) is 2. The third-order valence-corrected chi connectivity index (χ3v) is 5.31. The lowest BCUT2D eigenvalue weighted by molar-refractivity contribution is -0.137. The van der Waals surface area contributed by atoms with Crippen molar-refractivity contribution >= 4 is 38.1 Å². The molecule has 0 aliphatic heterocycles. The van der Waals surface area contributed by atoms with Crippen molar-refractivity contribution < 1.29 is 21.6 Å². The molecule has 0 unspecified atom stereocenters. The second-order valence-corrected chi connectivity index (χ2v) is 7.33. The summed E-state index contributed by atoms with van der Waals surface area (Å²) in [6.07, 6.45) is -4.49. The molecule has 0 aromatic heterocycles. The second kappa shape index (κ2) is 6.24. The molecule has 0 spiro atoms.